The lowest BCUT2D eigenvalue weighted by Crippen LogP contribution is -2.39. The van der Waals surface area contributed by atoms with Gasteiger partial charge in [0.2, 0.25) is 0 Å². The second kappa shape index (κ2) is 9.14. The Labute approximate surface area is 193 Å². The number of ether oxygens (including phenoxy) is 2. The van der Waals surface area contributed by atoms with Crippen molar-refractivity contribution in [2.45, 2.75) is 19.9 Å². The number of rotatable bonds is 5. The third kappa shape index (κ3) is 4.01. The molecule has 0 N–H and O–H groups in total. The fourth-order valence-corrected chi connectivity index (χ4v) is 4.85. The fourth-order valence-electron chi connectivity index (χ4n) is 3.63. The molecule has 164 valence electrons. The molecule has 0 saturated heterocycles. The number of nitrogens with zero attached hydrogens (tertiary/aromatic N) is 2. The second-order valence-electron chi connectivity index (χ2n) is 7.10. The largest absolute Gasteiger partial charge is 0.497 e. The van der Waals surface area contributed by atoms with Crippen LogP contribution in [-0.4, -0.2) is 24.3 Å². The molecule has 0 bridgehead atoms. The summed E-state index contributed by atoms with van der Waals surface area (Å²) in [7, 11) is 1.58. The minimum atomic E-state index is -0.662. The zero-order chi connectivity index (χ0) is 22.8. The molecule has 6 nitrogen and oxygen atoms in total. The molecule has 32 heavy (non-hydrogen) atoms. The van der Waals surface area contributed by atoms with Crippen LogP contribution in [0.1, 0.15) is 31.0 Å². The molecule has 2 heterocycles. The standard InChI is InChI=1S/C24H21ClN2O4S/c1-4-31-23(29)20-14(2)26-24-27(21(20)15-9-11-17(30-3)12-10-15)22(28)19(32-24)13-16-7-5-6-8-18(16)25/h5-13,21H,4H2,1-3H3/b19-13+. The highest BCUT2D eigenvalue weighted by Crippen LogP contribution is 2.31. The SMILES string of the molecule is CCOC(=O)C1=C(C)N=c2s/c(=C/c3ccccc3Cl)c(=O)n2C1c1ccc(OC)cc1. The number of thiazole rings is 1. The Kier molecular flexibility index (Phi) is 6.30. The van der Waals surface area contributed by atoms with Crippen LogP contribution in [0.4, 0.5) is 0 Å². The number of carbonyl (C=O) groups is 1. The molecule has 0 radical (unpaired) electrons. The van der Waals surface area contributed by atoms with E-state index in [2.05, 4.69) is 4.99 Å². The monoisotopic (exact) mass is 468 g/mol. The van der Waals surface area contributed by atoms with Crippen molar-refractivity contribution in [1.82, 2.24) is 4.57 Å². The molecule has 1 aromatic heterocycles. The van der Waals surface area contributed by atoms with Crippen LogP contribution in [-0.2, 0) is 9.53 Å². The molecule has 0 saturated carbocycles. The van der Waals surface area contributed by atoms with E-state index in [1.165, 1.54) is 11.3 Å². The van der Waals surface area contributed by atoms with Crippen molar-refractivity contribution < 1.29 is 14.3 Å². The normalized spacial score (nSPS) is 15.9. The topological polar surface area (TPSA) is 69.9 Å². The molecule has 0 amide bonds. The molecule has 1 aliphatic heterocycles. The highest BCUT2D eigenvalue weighted by atomic mass is 35.5. The van der Waals surface area contributed by atoms with Gasteiger partial charge in [-0.2, -0.15) is 0 Å². The van der Waals surface area contributed by atoms with Gasteiger partial charge in [-0.15, -0.1) is 0 Å². The maximum absolute atomic E-state index is 13.5. The smallest absolute Gasteiger partial charge is 0.338 e. The first-order valence-electron chi connectivity index (χ1n) is 10.0. The van der Waals surface area contributed by atoms with Gasteiger partial charge in [-0.1, -0.05) is 53.3 Å². The zero-order valence-corrected chi connectivity index (χ0v) is 19.4. The number of benzene rings is 2. The Morgan fingerprint density at radius 1 is 1.22 bits per heavy atom. The molecule has 0 fully saturated rings. The van der Waals surface area contributed by atoms with Crippen molar-refractivity contribution in [3.05, 3.63) is 95.6 Å². The molecule has 8 heteroatoms. The van der Waals surface area contributed by atoms with Crippen molar-refractivity contribution in [3.63, 3.8) is 0 Å². The number of methoxy groups -OCH3 is 1. The molecule has 1 unspecified atom stereocenters. The van der Waals surface area contributed by atoms with Crippen LogP contribution in [0.25, 0.3) is 6.08 Å². The summed E-state index contributed by atoms with van der Waals surface area (Å²) in [6.07, 6.45) is 1.75. The Bertz CT molecular complexity index is 1390. The van der Waals surface area contributed by atoms with Gasteiger partial charge in [0.15, 0.2) is 4.80 Å². The van der Waals surface area contributed by atoms with Gasteiger partial charge in [0.1, 0.15) is 5.75 Å². The lowest BCUT2D eigenvalue weighted by atomic mass is 9.96. The van der Waals surface area contributed by atoms with E-state index >= 15 is 0 Å². The van der Waals surface area contributed by atoms with E-state index in [0.29, 0.717) is 31.4 Å². The summed E-state index contributed by atoms with van der Waals surface area (Å²) in [4.78, 5) is 31.5. The molecule has 4 rings (SSSR count). The van der Waals surface area contributed by atoms with Crippen LogP contribution in [0.5, 0.6) is 5.75 Å². The number of fused-ring (bicyclic) bond motifs is 1. The molecule has 2 aromatic carbocycles. The summed E-state index contributed by atoms with van der Waals surface area (Å²) in [6.45, 7) is 3.73. The van der Waals surface area contributed by atoms with Crippen molar-refractivity contribution >= 4 is 35.0 Å². The Hall–Kier alpha value is -3.16. The van der Waals surface area contributed by atoms with Crippen molar-refractivity contribution in [1.29, 1.82) is 0 Å². The summed E-state index contributed by atoms with van der Waals surface area (Å²) < 4.78 is 12.6. The highest BCUT2D eigenvalue weighted by molar-refractivity contribution is 7.07. The van der Waals surface area contributed by atoms with Crippen molar-refractivity contribution in [2.75, 3.05) is 13.7 Å². The van der Waals surface area contributed by atoms with Crippen LogP contribution in [0.3, 0.4) is 0 Å². The Morgan fingerprint density at radius 2 is 1.94 bits per heavy atom. The van der Waals surface area contributed by atoms with Crippen LogP contribution in [0.15, 0.2) is 69.6 Å². The van der Waals surface area contributed by atoms with Crippen molar-refractivity contribution in [3.8, 4) is 5.75 Å². The maximum Gasteiger partial charge on any atom is 0.338 e. The van der Waals surface area contributed by atoms with E-state index in [4.69, 9.17) is 21.1 Å². The van der Waals surface area contributed by atoms with E-state index in [-0.39, 0.29) is 12.2 Å². The van der Waals surface area contributed by atoms with Gasteiger partial charge in [-0.05, 0) is 49.2 Å². The molecular formula is C24H21ClN2O4S. The van der Waals surface area contributed by atoms with Gasteiger partial charge >= 0.3 is 5.97 Å². The van der Waals surface area contributed by atoms with E-state index in [9.17, 15) is 9.59 Å². The number of allylic oxidation sites excluding steroid dienone is 1. The van der Waals surface area contributed by atoms with Gasteiger partial charge in [-0.25, -0.2) is 9.79 Å². The molecular weight excluding hydrogens is 448 g/mol. The molecule has 1 atom stereocenters. The third-order valence-corrected chi connectivity index (χ3v) is 6.47. The average molecular weight is 469 g/mol. The summed E-state index contributed by atoms with van der Waals surface area (Å²) in [5, 5.41) is 0.549. The summed E-state index contributed by atoms with van der Waals surface area (Å²) in [6, 6.07) is 13.9. The molecule has 0 spiro atoms. The average Bonchev–Trinajstić information content (AvgIpc) is 3.09. The first-order valence-corrected chi connectivity index (χ1v) is 11.2. The highest BCUT2D eigenvalue weighted by Gasteiger charge is 2.33. The number of esters is 1. The summed E-state index contributed by atoms with van der Waals surface area (Å²) in [5.74, 6) is 0.188. The van der Waals surface area contributed by atoms with E-state index in [1.54, 1.807) is 49.8 Å². The van der Waals surface area contributed by atoms with Crippen molar-refractivity contribution in [2.24, 2.45) is 4.99 Å². The summed E-state index contributed by atoms with van der Waals surface area (Å²) >= 11 is 7.55. The first kappa shape index (κ1) is 22.0. The summed E-state index contributed by atoms with van der Waals surface area (Å²) in [5.41, 5.74) is 2.11. The number of hydrogen-bond acceptors (Lipinski definition) is 6. The molecule has 1 aliphatic rings. The molecule has 0 aliphatic carbocycles. The Morgan fingerprint density at radius 3 is 2.59 bits per heavy atom. The van der Waals surface area contributed by atoms with Crippen LogP contribution < -0.4 is 19.6 Å². The van der Waals surface area contributed by atoms with Crippen LogP contribution in [0.2, 0.25) is 5.02 Å². The van der Waals surface area contributed by atoms with Gasteiger partial charge < -0.3 is 9.47 Å². The fraction of sp³-hybridized carbons (Fsp3) is 0.208. The maximum atomic E-state index is 13.5. The van der Waals surface area contributed by atoms with E-state index in [1.807, 2.05) is 30.3 Å². The number of aromatic nitrogens is 1. The number of carbonyl (C=O) groups excluding carboxylic acids is 1. The number of hydrogen-bond donors (Lipinski definition) is 0. The van der Waals surface area contributed by atoms with Crippen LogP contribution in [0, 0.1) is 0 Å². The lowest BCUT2D eigenvalue weighted by Gasteiger charge is -2.24. The van der Waals surface area contributed by atoms with Crippen LogP contribution >= 0.6 is 22.9 Å². The van der Waals surface area contributed by atoms with Gasteiger partial charge in [0.05, 0.1) is 35.6 Å². The van der Waals surface area contributed by atoms with E-state index < -0.39 is 12.0 Å². The minimum Gasteiger partial charge on any atom is -0.497 e. The van der Waals surface area contributed by atoms with E-state index in [0.717, 1.165) is 11.1 Å². The predicted molar refractivity (Wildman–Crippen MR) is 125 cm³/mol. The Balaban J connectivity index is 1.96. The lowest BCUT2D eigenvalue weighted by molar-refractivity contribution is -0.139. The third-order valence-electron chi connectivity index (χ3n) is 5.14. The van der Waals surface area contributed by atoms with Gasteiger partial charge in [0, 0.05) is 5.02 Å². The zero-order valence-electron chi connectivity index (χ0n) is 17.8. The van der Waals surface area contributed by atoms with Gasteiger partial charge in [0.25, 0.3) is 5.56 Å². The first-order chi connectivity index (χ1) is 15.4. The van der Waals surface area contributed by atoms with Gasteiger partial charge in [-0.3, -0.25) is 9.36 Å². The molecule has 3 aromatic rings. The number of halogens is 1. The second-order valence-corrected chi connectivity index (χ2v) is 8.51. The minimum absolute atomic E-state index is 0.224. The predicted octanol–water partition coefficient (Wildman–Crippen LogP) is 3.46. The quantitative estimate of drug-likeness (QED) is 0.538.